The van der Waals surface area contributed by atoms with Gasteiger partial charge in [-0.05, 0) is 54.9 Å². The van der Waals surface area contributed by atoms with Crippen LogP contribution in [-0.2, 0) is 10.7 Å². The van der Waals surface area contributed by atoms with Crippen LogP contribution in [0.3, 0.4) is 0 Å². The van der Waals surface area contributed by atoms with Gasteiger partial charge in [-0.15, -0.1) is 0 Å². The molecule has 0 aromatic heterocycles. The average Bonchev–Trinajstić information content (AvgIpc) is 2.75. The maximum absolute atomic E-state index is 5.62. The molecule has 0 N–H and O–H groups in total. The zero-order valence-corrected chi connectivity index (χ0v) is 11.3. The number of fused-ring (bicyclic) bond motifs is 1. The van der Waals surface area contributed by atoms with Crippen molar-refractivity contribution in [2.45, 2.75) is 25.7 Å². The number of halogens is 1. The summed E-state index contributed by atoms with van der Waals surface area (Å²) in [6.45, 7) is 0.776. The second-order valence-electron chi connectivity index (χ2n) is 6.52. The van der Waals surface area contributed by atoms with Gasteiger partial charge in [-0.2, -0.15) is 0 Å². The zero-order chi connectivity index (χ0) is 12.2. The van der Waals surface area contributed by atoms with Gasteiger partial charge in [0.05, 0.1) is 18.5 Å². The van der Waals surface area contributed by atoms with E-state index < -0.39 is 0 Å². The molecule has 96 valence electrons. The van der Waals surface area contributed by atoms with Crippen molar-refractivity contribution >= 4 is 11.9 Å². The minimum Gasteiger partial charge on any atom is -0.279 e. The Bertz CT molecular complexity index is 432. The van der Waals surface area contributed by atoms with Crippen LogP contribution in [0.1, 0.15) is 24.8 Å². The van der Waals surface area contributed by atoms with Gasteiger partial charge in [0, 0.05) is 5.41 Å². The number of hydrogen-bond acceptors (Lipinski definition) is 1. The van der Waals surface area contributed by atoms with Gasteiger partial charge >= 0.3 is 0 Å². The van der Waals surface area contributed by atoms with Crippen LogP contribution >= 0.6 is 11.9 Å². The van der Waals surface area contributed by atoms with E-state index in [1.54, 1.807) is 0 Å². The van der Waals surface area contributed by atoms with Gasteiger partial charge in [-0.25, -0.2) is 0 Å². The third-order valence-electron chi connectivity index (χ3n) is 6.13. The molecule has 3 unspecified atom stereocenters. The fourth-order valence-electron chi connectivity index (χ4n) is 5.45. The Morgan fingerprint density at radius 3 is 2.50 bits per heavy atom. The second kappa shape index (κ2) is 3.98. The van der Waals surface area contributed by atoms with Gasteiger partial charge in [0.2, 0.25) is 0 Å². The first-order chi connectivity index (χ1) is 8.84. The van der Waals surface area contributed by atoms with Gasteiger partial charge in [0.15, 0.2) is 0 Å². The zero-order valence-electron chi connectivity index (χ0n) is 10.5. The molecular formula is C16H19ClO. The molecule has 1 aromatic rings. The van der Waals surface area contributed by atoms with E-state index in [1.807, 2.05) is 0 Å². The van der Waals surface area contributed by atoms with Crippen molar-refractivity contribution in [1.29, 1.82) is 0 Å². The quantitative estimate of drug-likeness (QED) is 0.795. The van der Waals surface area contributed by atoms with Crippen LogP contribution in [-0.4, -0.2) is 6.61 Å². The first-order valence-electron chi connectivity index (χ1n) is 7.12. The molecule has 3 saturated carbocycles. The van der Waals surface area contributed by atoms with Crippen molar-refractivity contribution in [2.75, 3.05) is 6.61 Å². The molecule has 0 heterocycles. The monoisotopic (exact) mass is 262 g/mol. The molecule has 0 saturated heterocycles. The minimum atomic E-state index is 0.433. The Morgan fingerprint density at radius 2 is 1.83 bits per heavy atom. The predicted molar refractivity (Wildman–Crippen MR) is 72.2 cm³/mol. The lowest BCUT2D eigenvalue weighted by Crippen LogP contribution is -2.50. The Labute approximate surface area is 114 Å². The molecule has 0 spiro atoms. The van der Waals surface area contributed by atoms with Crippen molar-refractivity contribution in [3.63, 3.8) is 0 Å². The first kappa shape index (κ1) is 11.3. The fourth-order valence-corrected chi connectivity index (χ4v) is 5.64. The molecule has 3 aliphatic carbocycles. The molecule has 4 rings (SSSR count). The fraction of sp³-hybridized carbons (Fsp3) is 0.625. The topological polar surface area (TPSA) is 9.23 Å². The lowest BCUT2D eigenvalue weighted by Gasteiger charge is -2.53. The Morgan fingerprint density at radius 1 is 1.11 bits per heavy atom. The van der Waals surface area contributed by atoms with Gasteiger partial charge in [-0.1, -0.05) is 30.3 Å². The van der Waals surface area contributed by atoms with Crippen LogP contribution < -0.4 is 0 Å². The van der Waals surface area contributed by atoms with Crippen molar-refractivity contribution < 1.29 is 4.29 Å². The smallest absolute Gasteiger partial charge is 0.0747 e. The van der Waals surface area contributed by atoms with Crippen LogP contribution in [0.15, 0.2) is 30.3 Å². The number of rotatable bonds is 4. The maximum atomic E-state index is 5.62. The predicted octanol–water partition coefficient (Wildman–Crippen LogP) is 4.06. The highest BCUT2D eigenvalue weighted by Crippen LogP contribution is 2.74. The van der Waals surface area contributed by atoms with Crippen LogP contribution in [0.5, 0.6) is 0 Å². The average molecular weight is 263 g/mol. The molecule has 3 atom stereocenters. The summed E-state index contributed by atoms with van der Waals surface area (Å²) in [5, 5.41) is 0. The molecule has 18 heavy (non-hydrogen) atoms. The highest BCUT2D eigenvalue weighted by atomic mass is 35.5. The second-order valence-corrected chi connectivity index (χ2v) is 6.74. The molecule has 3 aliphatic rings. The van der Waals surface area contributed by atoms with Gasteiger partial charge < -0.3 is 0 Å². The summed E-state index contributed by atoms with van der Waals surface area (Å²) in [6, 6.07) is 10.9. The van der Waals surface area contributed by atoms with Crippen molar-refractivity contribution in [2.24, 2.45) is 29.1 Å². The third kappa shape index (κ3) is 1.32. The van der Waals surface area contributed by atoms with Crippen LogP contribution in [0, 0.1) is 29.1 Å². The minimum absolute atomic E-state index is 0.433. The molecular weight excluding hydrogens is 244 g/mol. The lowest BCUT2D eigenvalue weighted by atomic mass is 9.52. The maximum Gasteiger partial charge on any atom is 0.0747 e. The van der Waals surface area contributed by atoms with E-state index in [0.29, 0.717) is 5.41 Å². The molecule has 2 heteroatoms. The highest BCUT2D eigenvalue weighted by Gasteiger charge is 2.70. The van der Waals surface area contributed by atoms with Gasteiger partial charge in [0.25, 0.3) is 0 Å². The van der Waals surface area contributed by atoms with Crippen LogP contribution in [0.4, 0.5) is 0 Å². The highest BCUT2D eigenvalue weighted by molar-refractivity contribution is 6.07. The van der Waals surface area contributed by atoms with E-state index in [2.05, 4.69) is 30.3 Å². The summed E-state index contributed by atoms with van der Waals surface area (Å²) >= 11 is 5.62. The van der Waals surface area contributed by atoms with E-state index in [-0.39, 0.29) is 0 Å². The largest absolute Gasteiger partial charge is 0.279 e. The standard InChI is InChI=1S/C16H19ClO/c17-18-10-16-13-7-12(8-14(16)9-13)15(16)6-11-4-2-1-3-5-11/h1-5,12-15H,6-10H2. The molecule has 2 bridgehead atoms. The summed E-state index contributed by atoms with van der Waals surface area (Å²) in [4.78, 5) is 0. The summed E-state index contributed by atoms with van der Waals surface area (Å²) in [6.07, 6.45) is 5.50. The molecule has 0 amide bonds. The van der Waals surface area contributed by atoms with Gasteiger partial charge in [-0.3, -0.25) is 4.29 Å². The van der Waals surface area contributed by atoms with Crippen LogP contribution in [0.25, 0.3) is 0 Å². The van der Waals surface area contributed by atoms with E-state index in [1.165, 1.54) is 31.2 Å². The third-order valence-corrected chi connectivity index (χ3v) is 6.24. The summed E-state index contributed by atoms with van der Waals surface area (Å²) in [5.41, 5.74) is 1.91. The van der Waals surface area contributed by atoms with E-state index in [9.17, 15) is 0 Å². The van der Waals surface area contributed by atoms with Gasteiger partial charge in [0.1, 0.15) is 0 Å². The molecule has 0 radical (unpaired) electrons. The summed E-state index contributed by atoms with van der Waals surface area (Å²) in [7, 11) is 0. The molecule has 3 fully saturated rings. The molecule has 1 aromatic carbocycles. The van der Waals surface area contributed by atoms with Crippen LogP contribution in [0.2, 0.25) is 0 Å². The SMILES string of the molecule is ClOCC12C3CC(CC1C3)C2Cc1ccccc1. The number of benzene rings is 1. The summed E-state index contributed by atoms with van der Waals surface area (Å²) < 4.78 is 5.09. The van der Waals surface area contributed by atoms with Crippen molar-refractivity contribution in [1.82, 2.24) is 0 Å². The normalized spacial score (nSPS) is 44.1. The summed E-state index contributed by atoms with van der Waals surface area (Å²) in [5.74, 6) is 3.53. The first-order valence-corrected chi connectivity index (χ1v) is 7.43. The van der Waals surface area contributed by atoms with E-state index >= 15 is 0 Å². The Balaban J connectivity index is 1.61. The van der Waals surface area contributed by atoms with Crippen molar-refractivity contribution in [3.8, 4) is 0 Å². The Kier molecular flexibility index (Phi) is 2.50. The van der Waals surface area contributed by atoms with Crippen molar-refractivity contribution in [3.05, 3.63) is 35.9 Å². The number of hydrogen-bond donors (Lipinski definition) is 0. The lowest BCUT2D eigenvalue weighted by molar-refractivity contribution is -0.0798. The molecule has 1 nitrogen and oxygen atoms in total. The van der Waals surface area contributed by atoms with E-state index in [4.69, 9.17) is 16.2 Å². The Hall–Kier alpha value is -0.530. The molecule has 0 aliphatic heterocycles. The van der Waals surface area contributed by atoms with E-state index in [0.717, 1.165) is 30.3 Å².